The Balaban J connectivity index is 2.01. The monoisotopic (exact) mass is 425 g/mol. The Labute approximate surface area is 188 Å². The van der Waals surface area contributed by atoms with Gasteiger partial charge in [-0.05, 0) is 70.4 Å². The van der Waals surface area contributed by atoms with Crippen molar-refractivity contribution in [1.29, 1.82) is 0 Å². The molecule has 0 fully saturated rings. The third-order valence-corrected chi connectivity index (χ3v) is 4.81. The zero-order valence-corrected chi connectivity index (χ0v) is 20.3. The van der Waals surface area contributed by atoms with Crippen molar-refractivity contribution in [1.82, 2.24) is 14.9 Å². The average molecular weight is 426 g/mol. The molecule has 0 aliphatic rings. The molecule has 0 saturated carbocycles. The molecule has 1 amide bonds. The van der Waals surface area contributed by atoms with Crippen LogP contribution in [-0.2, 0) is 11.3 Å². The van der Waals surface area contributed by atoms with E-state index in [1.54, 1.807) is 0 Å². The van der Waals surface area contributed by atoms with Crippen molar-refractivity contribution in [3.63, 3.8) is 0 Å². The van der Waals surface area contributed by atoms with Crippen molar-refractivity contribution in [2.75, 3.05) is 37.4 Å². The minimum absolute atomic E-state index is 0.0767. The average Bonchev–Trinajstić information content (AvgIpc) is 2.64. The van der Waals surface area contributed by atoms with Crippen molar-refractivity contribution in [3.8, 4) is 0 Å². The molecule has 0 bridgehead atoms. The topological polar surface area (TPSA) is 61.4 Å². The zero-order valence-electron chi connectivity index (χ0n) is 20.3. The lowest BCUT2D eigenvalue weighted by Gasteiger charge is -2.31. The highest BCUT2D eigenvalue weighted by molar-refractivity contribution is 5.90. The predicted molar refractivity (Wildman–Crippen MR) is 129 cm³/mol. The molecular weight excluding hydrogens is 386 g/mol. The van der Waals surface area contributed by atoms with E-state index in [4.69, 9.17) is 0 Å². The van der Waals surface area contributed by atoms with E-state index in [0.717, 1.165) is 55.5 Å². The van der Waals surface area contributed by atoms with Crippen LogP contribution < -0.4 is 10.2 Å². The number of rotatable bonds is 10. The third-order valence-electron chi connectivity index (χ3n) is 4.81. The highest BCUT2D eigenvalue weighted by Crippen LogP contribution is 2.23. The summed E-state index contributed by atoms with van der Waals surface area (Å²) < 4.78 is 0. The molecule has 1 N–H and O–H groups in total. The van der Waals surface area contributed by atoms with Crippen molar-refractivity contribution in [2.24, 2.45) is 5.41 Å². The van der Waals surface area contributed by atoms with Gasteiger partial charge in [0.1, 0.15) is 11.6 Å². The summed E-state index contributed by atoms with van der Waals surface area (Å²) in [5.74, 6) is 1.82. The number of anilines is 2. The maximum absolute atomic E-state index is 12.2. The van der Waals surface area contributed by atoms with Crippen molar-refractivity contribution in [3.05, 3.63) is 47.4 Å². The predicted octanol–water partition coefficient (Wildman–Crippen LogP) is 4.82. The SMILES string of the molecule is Cc1cc(N(Cc2ccc(NC(=O)CCCCN(C)C)cc2)CC(C)(C)C)nc(C)n1. The maximum atomic E-state index is 12.2. The van der Waals surface area contributed by atoms with E-state index in [1.165, 1.54) is 5.56 Å². The molecule has 1 aromatic carbocycles. The summed E-state index contributed by atoms with van der Waals surface area (Å²) in [6.45, 7) is 13.3. The number of carbonyl (C=O) groups excluding carboxylic acids is 1. The van der Waals surface area contributed by atoms with Crippen LogP contribution in [0.1, 0.15) is 57.1 Å². The second kappa shape index (κ2) is 11.2. The van der Waals surface area contributed by atoms with Crippen LogP contribution in [0.2, 0.25) is 0 Å². The first-order chi connectivity index (χ1) is 14.5. The highest BCUT2D eigenvalue weighted by atomic mass is 16.1. The molecule has 1 aromatic heterocycles. The summed E-state index contributed by atoms with van der Waals surface area (Å²) in [4.78, 5) is 25.7. The summed E-state index contributed by atoms with van der Waals surface area (Å²) in [5, 5.41) is 3.01. The standard InChI is InChI=1S/C25H39N5O/c1-19-16-23(27-20(2)26-19)30(18-25(3,4)5)17-21-11-13-22(14-12-21)28-24(31)10-8-9-15-29(6)7/h11-14,16H,8-10,15,17-18H2,1-7H3,(H,28,31). The number of amides is 1. The van der Waals surface area contributed by atoms with E-state index in [2.05, 4.69) is 72.1 Å². The van der Waals surface area contributed by atoms with Gasteiger partial charge >= 0.3 is 0 Å². The number of aromatic nitrogens is 2. The summed E-state index contributed by atoms with van der Waals surface area (Å²) in [7, 11) is 4.11. The Morgan fingerprint density at radius 3 is 2.29 bits per heavy atom. The van der Waals surface area contributed by atoms with Gasteiger partial charge in [0.05, 0.1) is 0 Å². The zero-order chi connectivity index (χ0) is 23.0. The normalized spacial score (nSPS) is 11.6. The van der Waals surface area contributed by atoms with E-state index in [-0.39, 0.29) is 11.3 Å². The van der Waals surface area contributed by atoms with Crippen molar-refractivity contribution >= 4 is 17.4 Å². The van der Waals surface area contributed by atoms with E-state index in [9.17, 15) is 4.79 Å². The number of hydrogen-bond acceptors (Lipinski definition) is 5. The van der Waals surface area contributed by atoms with Crippen LogP contribution in [0.15, 0.2) is 30.3 Å². The van der Waals surface area contributed by atoms with Crippen LogP contribution in [-0.4, -0.2) is 48.0 Å². The molecule has 0 aliphatic carbocycles. The number of nitrogens with one attached hydrogen (secondary N) is 1. The highest BCUT2D eigenvalue weighted by Gasteiger charge is 2.19. The number of hydrogen-bond donors (Lipinski definition) is 1. The first-order valence-corrected chi connectivity index (χ1v) is 11.1. The molecule has 0 saturated heterocycles. The lowest BCUT2D eigenvalue weighted by molar-refractivity contribution is -0.116. The van der Waals surface area contributed by atoms with Gasteiger partial charge in [-0.15, -0.1) is 0 Å². The fraction of sp³-hybridized carbons (Fsp3) is 0.560. The van der Waals surface area contributed by atoms with Crippen LogP contribution in [0.3, 0.4) is 0 Å². The Hall–Kier alpha value is -2.47. The van der Waals surface area contributed by atoms with Crippen LogP contribution in [0.25, 0.3) is 0 Å². The summed E-state index contributed by atoms with van der Waals surface area (Å²) in [5.41, 5.74) is 3.14. The van der Waals surface area contributed by atoms with Gasteiger partial charge in [-0.2, -0.15) is 0 Å². The fourth-order valence-electron chi connectivity index (χ4n) is 3.50. The van der Waals surface area contributed by atoms with Crippen LogP contribution in [0.4, 0.5) is 11.5 Å². The second-order valence-electron chi connectivity index (χ2n) is 9.84. The maximum Gasteiger partial charge on any atom is 0.224 e. The van der Waals surface area contributed by atoms with Gasteiger partial charge in [-0.1, -0.05) is 32.9 Å². The molecule has 6 nitrogen and oxygen atoms in total. The molecular formula is C25H39N5O. The molecule has 0 radical (unpaired) electrons. The minimum atomic E-state index is 0.0767. The molecule has 0 atom stereocenters. The van der Waals surface area contributed by atoms with Gasteiger partial charge in [-0.25, -0.2) is 9.97 Å². The molecule has 0 unspecified atom stereocenters. The summed E-state index contributed by atoms with van der Waals surface area (Å²) >= 11 is 0. The van der Waals surface area contributed by atoms with Gasteiger partial charge in [-0.3, -0.25) is 4.79 Å². The van der Waals surface area contributed by atoms with Gasteiger partial charge in [0, 0.05) is 37.0 Å². The Bertz CT molecular complexity index is 820. The molecule has 0 aliphatic heterocycles. The lowest BCUT2D eigenvalue weighted by Crippen LogP contribution is -2.33. The van der Waals surface area contributed by atoms with Crippen LogP contribution in [0, 0.1) is 19.3 Å². The molecule has 6 heteroatoms. The van der Waals surface area contributed by atoms with Crippen molar-refractivity contribution in [2.45, 2.75) is 60.4 Å². The largest absolute Gasteiger partial charge is 0.352 e. The quantitative estimate of drug-likeness (QED) is 0.553. The van der Waals surface area contributed by atoms with Gasteiger partial charge in [0.25, 0.3) is 0 Å². The number of nitrogens with zero attached hydrogens (tertiary/aromatic N) is 4. The molecule has 31 heavy (non-hydrogen) atoms. The molecule has 2 aromatic rings. The Kier molecular flexibility index (Phi) is 8.99. The molecule has 0 spiro atoms. The number of carbonyl (C=O) groups is 1. The third kappa shape index (κ3) is 9.47. The minimum Gasteiger partial charge on any atom is -0.352 e. The first-order valence-electron chi connectivity index (χ1n) is 11.1. The summed E-state index contributed by atoms with van der Waals surface area (Å²) in [6.07, 6.45) is 2.49. The first kappa shape index (κ1) is 24.8. The van der Waals surface area contributed by atoms with Crippen molar-refractivity contribution < 1.29 is 4.79 Å². The van der Waals surface area contributed by atoms with Gasteiger partial charge in [0.15, 0.2) is 0 Å². The van der Waals surface area contributed by atoms with Gasteiger partial charge < -0.3 is 15.1 Å². The van der Waals surface area contributed by atoms with Crippen LogP contribution >= 0.6 is 0 Å². The molecule has 1 heterocycles. The number of aryl methyl sites for hydroxylation is 2. The van der Waals surface area contributed by atoms with E-state index < -0.39 is 0 Å². The summed E-state index contributed by atoms with van der Waals surface area (Å²) in [6, 6.07) is 10.2. The fourth-order valence-corrected chi connectivity index (χ4v) is 3.50. The second-order valence-corrected chi connectivity index (χ2v) is 9.84. The Morgan fingerprint density at radius 2 is 1.71 bits per heavy atom. The van der Waals surface area contributed by atoms with Gasteiger partial charge in [0.2, 0.25) is 5.91 Å². The Morgan fingerprint density at radius 1 is 1.03 bits per heavy atom. The molecule has 170 valence electrons. The van der Waals surface area contributed by atoms with E-state index in [1.807, 2.05) is 32.0 Å². The number of unbranched alkanes of at least 4 members (excludes halogenated alkanes) is 1. The van der Waals surface area contributed by atoms with E-state index >= 15 is 0 Å². The smallest absolute Gasteiger partial charge is 0.224 e. The van der Waals surface area contributed by atoms with E-state index in [0.29, 0.717) is 6.42 Å². The van der Waals surface area contributed by atoms with Crippen LogP contribution in [0.5, 0.6) is 0 Å². The lowest BCUT2D eigenvalue weighted by atomic mass is 9.95. The molecule has 2 rings (SSSR count). The number of benzene rings is 1.